The molecule has 1 atom stereocenters. The van der Waals surface area contributed by atoms with E-state index in [1.54, 1.807) is 0 Å². The number of rotatable bonds is 4. The van der Waals surface area contributed by atoms with Crippen LogP contribution in [0.3, 0.4) is 0 Å². The lowest BCUT2D eigenvalue weighted by molar-refractivity contribution is 0.823. The highest BCUT2D eigenvalue weighted by Gasteiger charge is 2.02. The van der Waals surface area contributed by atoms with Gasteiger partial charge >= 0.3 is 0 Å². The van der Waals surface area contributed by atoms with Crippen molar-refractivity contribution in [1.29, 1.82) is 0 Å². The van der Waals surface area contributed by atoms with Crippen LogP contribution in [0.5, 0.6) is 0 Å². The van der Waals surface area contributed by atoms with E-state index < -0.39 is 0 Å². The minimum Gasteiger partial charge on any atom is -0.323 e. The van der Waals surface area contributed by atoms with Crippen molar-refractivity contribution in [3.05, 3.63) is 35.4 Å². The number of hydrogen-bond acceptors (Lipinski definition) is 1. The van der Waals surface area contributed by atoms with Crippen LogP contribution in [0, 0.1) is 0 Å². The molecule has 0 amide bonds. The maximum Gasteiger partial charge on any atom is 0.0432 e. The van der Waals surface area contributed by atoms with Gasteiger partial charge in [0.25, 0.3) is 0 Å². The first kappa shape index (κ1) is 10.6. The number of nitrogens with two attached hydrogens (primary N) is 1. The Bertz CT molecular complexity index is 243. The zero-order chi connectivity index (χ0) is 9.68. The van der Waals surface area contributed by atoms with Crippen LogP contribution in [0.1, 0.15) is 30.5 Å². The molecule has 0 heterocycles. The second-order valence-corrected chi connectivity index (χ2v) is 3.56. The molecule has 1 aromatic rings. The molecular formula is C11H16ClN. The predicted octanol–water partition coefficient (Wildman–Crippen LogP) is 2.88. The highest BCUT2D eigenvalue weighted by atomic mass is 35.5. The van der Waals surface area contributed by atoms with Gasteiger partial charge in [-0.3, -0.25) is 0 Å². The topological polar surface area (TPSA) is 26.0 Å². The summed E-state index contributed by atoms with van der Waals surface area (Å²) in [5.74, 6) is 0.479. The van der Waals surface area contributed by atoms with E-state index >= 15 is 0 Å². The first-order valence-corrected chi connectivity index (χ1v) is 5.21. The molecule has 13 heavy (non-hydrogen) atoms. The number of hydrogen-bond donors (Lipinski definition) is 1. The van der Waals surface area contributed by atoms with Gasteiger partial charge < -0.3 is 5.73 Å². The van der Waals surface area contributed by atoms with Gasteiger partial charge in [0.05, 0.1) is 0 Å². The summed E-state index contributed by atoms with van der Waals surface area (Å²) in [7, 11) is 0. The molecule has 1 rings (SSSR count). The van der Waals surface area contributed by atoms with Gasteiger partial charge in [0.2, 0.25) is 0 Å². The molecule has 0 spiro atoms. The first-order chi connectivity index (χ1) is 6.27. The summed E-state index contributed by atoms with van der Waals surface area (Å²) in [4.78, 5) is 0. The number of aryl methyl sites for hydroxylation is 1. The van der Waals surface area contributed by atoms with Crippen LogP contribution in [-0.4, -0.2) is 5.88 Å². The van der Waals surface area contributed by atoms with Crippen molar-refractivity contribution in [1.82, 2.24) is 0 Å². The zero-order valence-corrected chi connectivity index (χ0v) is 8.72. The van der Waals surface area contributed by atoms with Crippen molar-refractivity contribution in [2.24, 2.45) is 5.73 Å². The Kier molecular flexibility index (Phi) is 4.26. The molecule has 1 nitrogen and oxygen atoms in total. The normalized spacial score (nSPS) is 12.8. The van der Waals surface area contributed by atoms with Gasteiger partial charge in [-0.2, -0.15) is 0 Å². The van der Waals surface area contributed by atoms with E-state index in [-0.39, 0.29) is 6.04 Å². The molecule has 0 saturated carbocycles. The van der Waals surface area contributed by atoms with Crippen LogP contribution in [0.2, 0.25) is 0 Å². The molecule has 2 heteroatoms. The maximum atomic E-state index is 5.79. The summed E-state index contributed by atoms with van der Waals surface area (Å²) < 4.78 is 0. The van der Waals surface area contributed by atoms with E-state index in [1.165, 1.54) is 12.0 Å². The molecule has 0 aliphatic carbocycles. The minimum absolute atomic E-state index is 0.0302. The van der Waals surface area contributed by atoms with E-state index in [0.29, 0.717) is 5.88 Å². The molecule has 0 aliphatic heterocycles. The summed E-state index contributed by atoms with van der Waals surface area (Å²) in [6, 6.07) is 8.37. The maximum absolute atomic E-state index is 5.79. The van der Waals surface area contributed by atoms with Crippen molar-refractivity contribution in [2.45, 2.75) is 25.8 Å². The second kappa shape index (κ2) is 5.25. The molecule has 0 aromatic heterocycles. The minimum atomic E-state index is -0.0302. The highest BCUT2D eigenvalue weighted by Crippen LogP contribution is 2.13. The summed E-state index contributed by atoms with van der Waals surface area (Å²) in [5.41, 5.74) is 8.28. The van der Waals surface area contributed by atoms with Gasteiger partial charge in [-0.05, 0) is 17.5 Å². The third-order valence-corrected chi connectivity index (χ3v) is 2.45. The van der Waals surface area contributed by atoms with Crippen LogP contribution in [0.25, 0.3) is 0 Å². The van der Waals surface area contributed by atoms with Crippen LogP contribution in [0.15, 0.2) is 24.3 Å². The van der Waals surface area contributed by atoms with Crippen LogP contribution in [-0.2, 0) is 6.42 Å². The predicted molar refractivity (Wildman–Crippen MR) is 58.1 cm³/mol. The molecule has 1 aromatic carbocycles. The van der Waals surface area contributed by atoms with Crippen molar-refractivity contribution < 1.29 is 0 Å². The fourth-order valence-electron chi connectivity index (χ4n) is 1.31. The Labute approximate surface area is 84.9 Å². The third-order valence-electron chi connectivity index (χ3n) is 2.11. The van der Waals surface area contributed by atoms with E-state index in [0.717, 1.165) is 12.0 Å². The zero-order valence-electron chi connectivity index (χ0n) is 7.96. The van der Waals surface area contributed by atoms with Crippen LogP contribution >= 0.6 is 11.6 Å². The fourth-order valence-corrected chi connectivity index (χ4v) is 1.49. The van der Waals surface area contributed by atoms with Crippen molar-refractivity contribution in [3.63, 3.8) is 0 Å². The quantitative estimate of drug-likeness (QED) is 0.739. The molecule has 72 valence electrons. The fraction of sp³-hybridized carbons (Fsp3) is 0.455. The van der Waals surface area contributed by atoms with Gasteiger partial charge in [-0.15, -0.1) is 11.6 Å². The lowest BCUT2D eigenvalue weighted by atomic mass is 10.0. The van der Waals surface area contributed by atoms with Gasteiger partial charge in [0.1, 0.15) is 0 Å². The summed E-state index contributed by atoms with van der Waals surface area (Å²) in [6.45, 7) is 2.18. The monoisotopic (exact) mass is 197 g/mol. The van der Waals surface area contributed by atoms with Crippen LogP contribution < -0.4 is 5.73 Å². The van der Waals surface area contributed by atoms with Crippen molar-refractivity contribution in [2.75, 3.05) is 5.88 Å². The Balaban J connectivity index is 2.69. The van der Waals surface area contributed by atoms with E-state index in [2.05, 4.69) is 31.2 Å². The third kappa shape index (κ3) is 3.02. The van der Waals surface area contributed by atoms with Gasteiger partial charge in [0, 0.05) is 11.9 Å². The van der Waals surface area contributed by atoms with E-state index in [9.17, 15) is 0 Å². The molecule has 1 unspecified atom stereocenters. The van der Waals surface area contributed by atoms with E-state index in [1.807, 2.05) is 0 Å². The lowest BCUT2D eigenvalue weighted by Crippen LogP contribution is -2.11. The van der Waals surface area contributed by atoms with Crippen molar-refractivity contribution >= 4 is 11.6 Å². The smallest absolute Gasteiger partial charge is 0.0432 e. The molecule has 2 N–H and O–H groups in total. The highest BCUT2D eigenvalue weighted by molar-refractivity contribution is 6.18. The Morgan fingerprint density at radius 1 is 1.31 bits per heavy atom. The Morgan fingerprint density at radius 3 is 2.38 bits per heavy atom. The summed E-state index contributed by atoms with van der Waals surface area (Å²) in [5, 5.41) is 0. The first-order valence-electron chi connectivity index (χ1n) is 4.68. The van der Waals surface area contributed by atoms with Gasteiger partial charge in [-0.25, -0.2) is 0 Å². The Hall–Kier alpha value is -0.530. The molecule has 0 saturated heterocycles. The number of benzene rings is 1. The largest absolute Gasteiger partial charge is 0.323 e. The second-order valence-electron chi connectivity index (χ2n) is 3.25. The number of halogens is 1. The molecule has 0 aliphatic rings. The average molecular weight is 198 g/mol. The molecular weight excluding hydrogens is 182 g/mol. The summed E-state index contributed by atoms with van der Waals surface area (Å²) >= 11 is 5.66. The molecule has 0 bridgehead atoms. The standard InChI is InChI=1S/C11H16ClN/c1-2-3-9-4-6-10(7-5-9)11(13)8-12/h4-7,11H,2-3,8,13H2,1H3. The number of alkyl halides is 1. The van der Waals surface area contributed by atoms with Crippen LogP contribution in [0.4, 0.5) is 0 Å². The SMILES string of the molecule is CCCc1ccc(C(N)CCl)cc1. The molecule has 0 radical (unpaired) electrons. The molecule has 0 fully saturated rings. The van der Waals surface area contributed by atoms with Gasteiger partial charge in [0.15, 0.2) is 0 Å². The summed E-state index contributed by atoms with van der Waals surface area (Å²) in [6.07, 6.45) is 2.32. The van der Waals surface area contributed by atoms with Gasteiger partial charge in [-0.1, -0.05) is 37.6 Å². The average Bonchev–Trinajstić information content (AvgIpc) is 2.18. The lowest BCUT2D eigenvalue weighted by Gasteiger charge is -2.08. The van der Waals surface area contributed by atoms with E-state index in [4.69, 9.17) is 17.3 Å². The Morgan fingerprint density at radius 2 is 1.92 bits per heavy atom. The van der Waals surface area contributed by atoms with Crippen molar-refractivity contribution in [3.8, 4) is 0 Å².